The number of aryl methyl sites for hydroxylation is 1. The van der Waals surface area contributed by atoms with Crippen molar-refractivity contribution < 1.29 is 12.8 Å². The van der Waals surface area contributed by atoms with Crippen molar-refractivity contribution >= 4 is 33.5 Å². The van der Waals surface area contributed by atoms with E-state index in [1.807, 2.05) is 6.92 Å². The average molecular weight is 332 g/mol. The molecular formula is C11H14ClN5O3S. The van der Waals surface area contributed by atoms with Crippen LogP contribution in [0.25, 0.3) is 0 Å². The number of hydrogen-bond acceptors (Lipinski definition) is 7. The molecule has 10 heteroatoms. The molecule has 0 amide bonds. The lowest BCUT2D eigenvalue weighted by Crippen LogP contribution is -2.14. The minimum absolute atomic E-state index is 0.0922. The van der Waals surface area contributed by atoms with Crippen molar-refractivity contribution in [3.05, 3.63) is 23.2 Å². The van der Waals surface area contributed by atoms with Gasteiger partial charge in [0.15, 0.2) is 0 Å². The van der Waals surface area contributed by atoms with E-state index >= 15 is 0 Å². The van der Waals surface area contributed by atoms with E-state index in [9.17, 15) is 8.42 Å². The van der Waals surface area contributed by atoms with E-state index < -0.39 is 10.0 Å². The molecule has 0 fully saturated rings. The third-order valence-electron chi connectivity index (χ3n) is 2.42. The van der Waals surface area contributed by atoms with Crippen molar-refractivity contribution in [2.75, 3.05) is 16.6 Å². The van der Waals surface area contributed by atoms with Gasteiger partial charge in [-0.15, -0.1) is 5.10 Å². The highest BCUT2D eigenvalue weighted by Gasteiger charge is 2.19. The van der Waals surface area contributed by atoms with Gasteiger partial charge in [-0.25, -0.2) is 18.1 Å². The van der Waals surface area contributed by atoms with Crippen LogP contribution in [0.2, 0.25) is 5.02 Å². The molecule has 0 bridgehead atoms. The molecule has 114 valence electrons. The Labute approximate surface area is 127 Å². The van der Waals surface area contributed by atoms with Crippen molar-refractivity contribution in [2.24, 2.45) is 0 Å². The number of sulfonamides is 1. The first kappa shape index (κ1) is 15.5. The van der Waals surface area contributed by atoms with Gasteiger partial charge in [0.2, 0.25) is 5.89 Å². The van der Waals surface area contributed by atoms with Gasteiger partial charge in [-0.05, 0) is 12.5 Å². The van der Waals surface area contributed by atoms with E-state index in [-0.39, 0.29) is 21.8 Å². The summed E-state index contributed by atoms with van der Waals surface area (Å²) in [7, 11) is -3.88. The fraction of sp³-hybridized carbons (Fsp3) is 0.364. The fourth-order valence-corrected chi connectivity index (χ4v) is 2.65. The predicted octanol–water partition coefficient (Wildman–Crippen LogP) is 2.05. The molecule has 0 unspecified atom stereocenters. The van der Waals surface area contributed by atoms with E-state index in [1.54, 1.807) is 6.92 Å². The van der Waals surface area contributed by atoms with Gasteiger partial charge in [-0.1, -0.05) is 23.6 Å². The summed E-state index contributed by atoms with van der Waals surface area (Å²) in [6.07, 6.45) is 2.10. The zero-order valence-corrected chi connectivity index (χ0v) is 13.0. The van der Waals surface area contributed by atoms with Crippen LogP contribution in [0.4, 0.5) is 11.8 Å². The van der Waals surface area contributed by atoms with E-state index in [0.717, 1.165) is 6.42 Å². The van der Waals surface area contributed by atoms with Crippen LogP contribution in [0.1, 0.15) is 19.2 Å². The molecule has 2 aromatic rings. The van der Waals surface area contributed by atoms with Gasteiger partial charge in [-0.3, -0.25) is 0 Å². The van der Waals surface area contributed by atoms with Gasteiger partial charge in [0, 0.05) is 19.7 Å². The summed E-state index contributed by atoms with van der Waals surface area (Å²) in [5, 5.41) is 10.3. The molecule has 0 saturated heterocycles. The maximum Gasteiger partial charge on any atom is 0.329 e. The average Bonchev–Trinajstić information content (AvgIpc) is 2.82. The minimum atomic E-state index is -3.88. The Hall–Kier alpha value is -1.87. The van der Waals surface area contributed by atoms with E-state index in [4.69, 9.17) is 16.0 Å². The molecule has 0 atom stereocenters. The number of anilines is 2. The predicted molar refractivity (Wildman–Crippen MR) is 77.9 cm³/mol. The Morgan fingerprint density at radius 2 is 2.14 bits per heavy atom. The summed E-state index contributed by atoms with van der Waals surface area (Å²) in [5.41, 5.74) is 0. The van der Waals surface area contributed by atoms with Crippen molar-refractivity contribution in [1.29, 1.82) is 0 Å². The van der Waals surface area contributed by atoms with Gasteiger partial charge in [-0.2, -0.15) is 0 Å². The van der Waals surface area contributed by atoms with E-state index in [1.165, 1.54) is 12.3 Å². The lowest BCUT2D eigenvalue weighted by Gasteiger charge is -2.08. The summed E-state index contributed by atoms with van der Waals surface area (Å²) in [5.74, 6) is 0.689. The smallest absolute Gasteiger partial charge is 0.329 e. The molecule has 0 radical (unpaired) electrons. The first-order valence-corrected chi connectivity index (χ1v) is 8.01. The molecule has 0 spiro atoms. The monoisotopic (exact) mass is 331 g/mol. The number of aromatic nitrogens is 3. The minimum Gasteiger partial charge on any atom is -0.408 e. The molecule has 8 nitrogen and oxygen atoms in total. The van der Waals surface area contributed by atoms with Crippen LogP contribution in [0.3, 0.4) is 0 Å². The first-order chi connectivity index (χ1) is 9.92. The lowest BCUT2D eigenvalue weighted by atomic mass is 10.4. The Bertz CT molecular complexity index is 731. The zero-order valence-electron chi connectivity index (χ0n) is 11.4. The maximum atomic E-state index is 12.1. The van der Waals surface area contributed by atoms with Crippen molar-refractivity contribution in [3.8, 4) is 0 Å². The molecule has 2 N–H and O–H groups in total. The number of hydrogen-bond donors (Lipinski definition) is 2. The standard InChI is InChI=1S/C11H14ClN5O3S/c1-3-4-13-10-9(12)5-8(6-14-10)21(18,19)17-11-16-15-7(2)20-11/h5-6H,3-4H2,1-2H3,(H,13,14)(H,16,17). The van der Waals surface area contributed by atoms with Gasteiger partial charge >= 0.3 is 6.01 Å². The zero-order chi connectivity index (χ0) is 15.5. The summed E-state index contributed by atoms with van der Waals surface area (Å²) in [6, 6.07) is 1.09. The molecule has 2 rings (SSSR count). The quantitative estimate of drug-likeness (QED) is 0.833. The second-order valence-corrected chi connectivity index (χ2v) is 6.25. The highest BCUT2D eigenvalue weighted by atomic mass is 35.5. The molecule has 21 heavy (non-hydrogen) atoms. The van der Waals surface area contributed by atoms with Gasteiger partial charge in [0.25, 0.3) is 10.0 Å². The molecule has 2 heterocycles. The van der Waals surface area contributed by atoms with Crippen LogP contribution in [0.15, 0.2) is 21.6 Å². The van der Waals surface area contributed by atoms with Crippen LogP contribution in [0, 0.1) is 6.92 Å². The summed E-state index contributed by atoms with van der Waals surface area (Å²) >= 11 is 6.01. The van der Waals surface area contributed by atoms with Crippen molar-refractivity contribution in [2.45, 2.75) is 25.2 Å². The largest absolute Gasteiger partial charge is 0.408 e. The number of nitrogens with zero attached hydrogens (tertiary/aromatic N) is 3. The molecule has 2 aromatic heterocycles. The van der Waals surface area contributed by atoms with Crippen LogP contribution in [0.5, 0.6) is 0 Å². The normalized spacial score (nSPS) is 11.4. The van der Waals surface area contributed by atoms with Crippen LogP contribution in [-0.2, 0) is 10.0 Å². The molecule has 0 saturated carbocycles. The third kappa shape index (κ3) is 3.82. The third-order valence-corrected chi connectivity index (χ3v) is 3.99. The topological polar surface area (TPSA) is 110 Å². The number of rotatable bonds is 6. The van der Waals surface area contributed by atoms with Gasteiger partial charge in [0.05, 0.1) is 5.02 Å². The second-order valence-electron chi connectivity index (χ2n) is 4.16. The Morgan fingerprint density at radius 3 is 2.71 bits per heavy atom. The Balaban J connectivity index is 2.22. The van der Waals surface area contributed by atoms with Crippen LogP contribution in [-0.4, -0.2) is 30.1 Å². The molecular weight excluding hydrogens is 318 g/mol. The van der Waals surface area contributed by atoms with Crippen molar-refractivity contribution in [3.63, 3.8) is 0 Å². The highest BCUT2D eigenvalue weighted by Crippen LogP contribution is 2.23. The molecule has 0 aliphatic heterocycles. The van der Waals surface area contributed by atoms with Crippen LogP contribution >= 0.6 is 11.6 Å². The summed E-state index contributed by atoms with van der Waals surface area (Å²) < 4.78 is 31.4. The fourth-order valence-electron chi connectivity index (χ4n) is 1.45. The molecule has 0 aromatic carbocycles. The van der Waals surface area contributed by atoms with Crippen LogP contribution < -0.4 is 10.0 Å². The Kier molecular flexibility index (Phi) is 4.63. The van der Waals surface area contributed by atoms with Gasteiger partial charge < -0.3 is 9.73 Å². The summed E-state index contributed by atoms with van der Waals surface area (Å²) in [4.78, 5) is 3.91. The number of pyridine rings is 1. The van der Waals surface area contributed by atoms with Crippen molar-refractivity contribution in [1.82, 2.24) is 15.2 Å². The second kappa shape index (κ2) is 6.27. The maximum absolute atomic E-state index is 12.1. The molecule has 0 aliphatic carbocycles. The van der Waals surface area contributed by atoms with Gasteiger partial charge in [0.1, 0.15) is 10.7 Å². The first-order valence-electron chi connectivity index (χ1n) is 6.14. The molecule has 0 aliphatic rings. The lowest BCUT2D eigenvalue weighted by molar-refractivity contribution is 0.534. The number of halogens is 1. The SMILES string of the molecule is CCCNc1ncc(S(=O)(=O)Nc2nnc(C)o2)cc1Cl. The van der Waals surface area contributed by atoms with E-state index in [0.29, 0.717) is 12.4 Å². The summed E-state index contributed by atoms with van der Waals surface area (Å²) in [6.45, 7) is 4.24. The highest BCUT2D eigenvalue weighted by molar-refractivity contribution is 7.92. The number of nitrogens with one attached hydrogen (secondary N) is 2. The van der Waals surface area contributed by atoms with E-state index in [2.05, 4.69) is 25.2 Å². The Morgan fingerprint density at radius 1 is 1.38 bits per heavy atom.